The normalized spacial score (nSPS) is 14.7. The van der Waals surface area contributed by atoms with Crippen LogP contribution in [0.4, 0.5) is 0 Å². The Balaban J connectivity index is 0.00000280. The monoisotopic (exact) mass is 513 g/mol. The van der Waals surface area contributed by atoms with Gasteiger partial charge in [-0.1, -0.05) is 24.3 Å². The zero-order valence-electron chi connectivity index (χ0n) is 16.3. The first-order valence-corrected chi connectivity index (χ1v) is 10.0. The molecule has 1 aliphatic rings. The lowest BCUT2D eigenvalue weighted by molar-refractivity contribution is 0.406. The van der Waals surface area contributed by atoms with E-state index in [1.54, 1.807) is 20.2 Å². The van der Waals surface area contributed by atoms with E-state index in [0.29, 0.717) is 18.7 Å². The van der Waals surface area contributed by atoms with Crippen LogP contribution in [-0.2, 0) is 6.42 Å². The quantitative estimate of drug-likeness (QED) is 0.283. The van der Waals surface area contributed by atoms with Gasteiger partial charge in [0, 0.05) is 35.8 Å². The number of halogens is 1. The Labute approximate surface area is 188 Å². The number of nitrogens with one attached hydrogen (secondary N) is 2. The van der Waals surface area contributed by atoms with Crippen LogP contribution >= 0.6 is 35.7 Å². The molecule has 0 atom stereocenters. The molecule has 1 fully saturated rings. The highest BCUT2D eigenvalue weighted by molar-refractivity contribution is 14.0. The molecule has 0 unspecified atom stereocenters. The number of aromatic hydroxyl groups is 1. The van der Waals surface area contributed by atoms with Crippen LogP contribution in [0.1, 0.15) is 18.4 Å². The molecule has 1 saturated carbocycles. The van der Waals surface area contributed by atoms with Gasteiger partial charge in [0.1, 0.15) is 11.5 Å². The predicted octanol–water partition coefficient (Wildman–Crippen LogP) is 4.05. The van der Waals surface area contributed by atoms with Crippen LogP contribution in [0.25, 0.3) is 0 Å². The molecule has 0 amide bonds. The van der Waals surface area contributed by atoms with Crippen LogP contribution in [0, 0.1) is 0 Å². The molecule has 3 rings (SSSR count). The van der Waals surface area contributed by atoms with E-state index in [1.165, 1.54) is 17.7 Å². The lowest BCUT2D eigenvalue weighted by Crippen LogP contribution is -2.41. The molecule has 0 aliphatic heterocycles. The molecule has 152 valence electrons. The third-order valence-corrected chi connectivity index (χ3v) is 6.16. The number of thioether (sulfide) groups is 1. The highest BCUT2D eigenvalue weighted by Crippen LogP contribution is 2.51. The SMILES string of the molecule is CN=C(NCCc1ccc(OC)cc1O)NCC1(Sc2ccccc2)CC1.I. The molecule has 0 radical (unpaired) electrons. The summed E-state index contributed by atoms with van der Waals surface area (Å²) in [7, 11) is 3.37. The zero-order chi connectivity index (χ0) is 19.1. The van der Waals surface area contributed by atoms with Crippen LogP contribution < -0.4 is 15.4 Å². The second-order valence-electron chi connectivity index (χ2n) is 6.70. The predicted molar refractivity (Wildman–Crippen MR) is 127 cm³/mol. The van der Waals surface area contributed by atoms with Gasteiger partial charge < -0.3 is 20.5 Å². The van der Waals surface area contributed by atoms with Gasteiger partial charge in [-0.25, -0.2) is 0 Å². The molecule has 28 heavy (non-hydrogen) atoms. The fourth-order valence-corrected chi connectivity index (χ4v) is 4.10. The summed E-state index contributed by atoms with van der Waals surface area (Å²) in [6, 6.07) is 15.9. The third-order valence-electron chi connectivity index (χ3n) is 4.67. The van der Waals surface area contributed by atoms with Crippen molar-refractivity contribution < 1.29 is 9.84 Å². The molecule has 0 aromatic heterocycles. The first-order valence-electron chi connectivity index (χ1n) is 9.19. The van der Waals surface area contributed by atoms with E-state index in [0.717, 1.165) is 18.1 Å². The maximum atomic E-state index is 10.0. The van der Waals surface area contributed by atoms with Crippen LogP contribution in [0.15, 0.2) is 58.4 Å². The lowest BCUT2D eigenvalue weighted by Gasteiger charge is -2.18. The first kappa shape index (κ1) is 22.7. The standard InChI is InChI=1S/C21H27N3O2S.HI/c1-22-20(23-13-10-16-8-9-17(26-2)14-19(16)25)24-15-21(11-12-21)27-18-6-4-3-5-7-18;/h3-9,14,25H,10-13,15H2,1-2H3,(H2,22,23,24);1H. The second kappa shape index (κ2) is 10.8. The Morgan fingerprint density at radius 1 is 1.18 bits per heavy atom. The molecule has 3 N–H and O–H groups in total. The van der Waals surface area contributed by atoms with Crippen molar-refractivity contribution in [2.45, 2.75) is 28.9 Å². The van der Waals surface area contributed by atoms with Crippen molar-refractivity contribution in [2.24, 2.45) is 4.99 Å². The molecule has 0 bridgehead atoms. The number of rotatable bonds is 8. The molecule has 2 aromatic carbocycles. The van der Waals surface area contributed by atoms with Crippen molar-refractivity contribution >= 4 is 41.7 Å². The van der Waals surface area contributed by atoms with Crippen molar-refractivity contribution in [1.29, 1.82) is 0 Å². The summed E-state index contributed by atoms with van der Waals surface area (Å²) >= 11 is 1.95. The molecular formula is C21H28IN3O2S. The molecule has 5 nitrogen and oxygen atoms in total. The zero-order valence-corrected chi connectivity index (χ0v) is 19.4. The van der Waals surface area contributed by atoms with Crippen molar-refractivity contribution in [3.63, 3.8) is 0 Å². The van der Waals surface area contributed by atoms with Gasteiger partial charge in [0.2, 0.25) is 0 Å². The van der Waals surface area contributed by atoms with Gasteiger partial charge in [-0.2, -0.15) is 0 Å². The van der Waals surface area contributed by atoms with E-state index >= 15 is 0 Å². The van der Waals surface area contributed by atoms with Gasteiger partial charge in [0.05, 0.1) is 7.11 Å². The Morgan fingerprint density at radius 3 is 2.54 bits per heavy atom. The number of hydrogen-bond donors (Lipinski definition) is 3. The number of phenols is 1. The number of aliphatic imine (C=N–C) groups is 1. The van der Waals surface area contributed by atoms with E-state index in [4.69, 9.17) is 4.74 Å². The van der Waals surface area contributed by atoms with Gasteiger partial charge in [-0.15, -0.1) is 35.7 Å². The van der Waals surface area contributed by atoms with Crippen LogP contribution in [-0.4, -0.2) is 43.1 Å². The average molecular weight is 513 g/mol. The fourth-order valence-electron chi connectivity index (χ4n) is 2.86. The van der Waals surface area contributed by atoms with Crippen molar-refractivity contribution in [3.8, 4) is 11.5 Å². The molecule has 2 aromatic rings. The Morgan fingerprint density at radius 2 is 1.93 bits per heavy atom. The minimum Gasteiger partial charge on any atom is -0.508 e. The third kappa shape index (κ3) is 6.48. The van der Waals surface area contributed by atoms with E-state index in [-0.39, 0.29) is 34.5 Å². The van der Waals surface area contributed by atoms with Gasteiger partial charge in [0.15, 0.2) is 5.96 Å². The maximum Gasteiger partial charge on any atom is 0.191 e. The summed E-state index contributed by atoms with van der Waals surface area (Å²) in [5, 5.41) is 16.8. The molecule has 7 heteroatoms. The molecular weight excluding hydrogens is 485 g/mol. The average Bonchev–Trinajstić information content (AvgIpc) is 3.45. The van der Waals surface area contributed by atoms with E-state index < -0.39 is 0 Å². The van der Waals surface area contributed by atoms with E-state index in [1.807, 2.05) is 30.0 Å². The van der Waals surface area contributed by atoms with Crippen LogP contribution in [0.3, 0.4) is 0 Å². The smallest absolute Gasteiger partial charge is 0.191 e. The summed E-state index contributed by atoms with van der Waals surface area (Å²) in [5.41, 5.74) is 0.886. The van der Waals surface area contributed by atoms with E-state index in [2.05, 4.69) is 39.9 Å². The topological polar surface area (TPSA) is 65.9 Å². The minimum absolute atomic E-state index is 0. The summed E-state index contributed by atoms with van der Waals surface area (Å²) in [5.74, 6) is 1.71. The molecule has 0 saturated heterocycles. The van der Waals surface area contributed by atoms with Crippen molar-refractivity contribution in [3.05, 3.63) is 54.1 Å². The summed E-state index contributed by atoms with van der Waals surface area (Å²) in [4.78, 5) is 5.62. The van der Waals surface area contributed by atoms with Gasteiger partial charge in [0.25, 0.3) is 0 Å². The number of methoxy groups -OCH3 is 1. The lowest BCUT2D eigenvalue weighted by atomic mass is 10.1. The number of ether oxygens (including phenoxy) is 1. The summed E-state index contributed by atoms with van der Waals surface area (Å²) < 4.78 is 5.39. The number of hydrogen-bond acceptors (Lipinski definition) is 4. The molecule has 0 heterocycles. The summed E-state index contributed by atoms with van der Waals surface area (Å²) in [6.07, 6.45) is 3.15. The van der Waals surface area contributed by atoms with Gasteiger partial charge in [-0.3, -0.25) is 4.99 Å². The number of guanidine groups is 1. The number of phenolic OH excluding ortho intramolecular Hbond substituents is 1. The number of nitrogens with zero attached hydrogens (tertiary/aromatic N) is 1. The fraction of sp³-hybridized carbons (Fsp3) is 0.381. The number of benzene rings is 2. The summed E-state index contributed by atoms with van der Waals surface area (Å²) in [6.45, 7) is 1.58. The van der Waals surface area contributed by atoms with Crippen LogP contribution in [0.2, 0.25) is 0 Å². The Hall–Kier alpha value is -1.61. The van der Waals surface area contributed by atoms with Crippen molar-refractivity contribution in [2.75, 3.05) is 27.2 Å². The van der Waals surface area contributed by atoms with Gasteiger partial charge >= 0.3 is 0 Å². The molecule has 1 aliphatic carbocycles. The van der Waals surface area contributed by atoms with Crippen molar-refractivity contribution in [1.82, 2.24) is 10.6 Å². The maximum absolute atomic E-state index is 10.0. The second-order valence-corrected chi connectivity index (χ2v) is 8.24. The largest absolute Gasteiger partial charge is 0.508 e. The highest BCUT2D eigenvalue weighted by atomic mass is 127. The van der Waals surface area contributed by atoms with E-state index in [9.17, 15) is 5.11 Å². The Bertz CT molecular complexity index is 782. The van der Waals surface area contributed by atoms with Gasteiger partial charge in [-0.05, 0) is 43.0 Å². The molecule has 0 spiro atoms. The first-order chi connectivity index (χ1) is 13.1. The van der Waals surface area contributed by atoms with Crippen LogP contribution in [0.5, 0.6) is 11.5 Å². The minimum atomic E-state index is 0. The Kier molecular flexibility index (Phi) is 8.75. The highest BCUT2D eigenvalue weighted by Gasteiger charge is 2.43.